The van der Waals surface area contributed by atoms with Crippen molar-refractivity contribution in [2.24, 2.45) is 26.9 Å². The second kappa shape index (κ2) is 8.78. The average Bonchev–Trinajstić information content (AvgIpc) is 3.09. The Morgan fingerprint density at radius 1 is 1.26 bits per heavy atom. The van der Waals surface area contributed by atoms with Crippen LogP contribution in [-0.4, -0.2) is 36.1 Å². The van der Waals surface area contributed by atoms with Crippen LogP contribution in [0.2, 0.25) is 0 Å². The second-order valence-electron chi connectivity index (χ2n) is 7.22. The molecule has 2 N–H and O–H groups in total. The molecule has 0 radical (unpaired) electrons. The summed E-state index contributed by atoms with van der Waals surface area (Å²) in [7, 11) is 0. The molecule has 31 heavy (non-hydrogen) atoms. The van der Waals surface area contributed by atoms with Crippen LogP contribution in [0.15, 0.2) is 57.1 Å². The molecular weight excluding hydrogens is 421 g/mol. The summed E-state index contributed by atoms with van der Waals surface area (Å²) in [5, 5.41) is 6.29. The van der Waals surface area contributed by atoms with Gasteiger partial charge in [-0.25, -0.2) is 8.78 Å². The molecule has 0 bridgehead atoms. The van der Waals surface area contributed by atoms with Crippen LogP contribution in [0, 0.1) is 23.5 Å². The summed E-state index contributed by atoms with van der Waals surface area (Å²) in [6.07, 6.45) is -1.30. The maximum Gasteiger partial charge on any atom is 0.398 e. The summed E-state index contributed by atoms with van der Waals surface area (Å²) >= 11 is 0. The number of carbonyl (C=O) groups is 1. The molecule has 1 unspecified atom stereocenters. The van der Waals surface area contributed by atoms with Crippen LogP contribution in [-0.2, 0) is 0 Å². The summed E-state index contributed by atoms with van der Waals surface area (Å²) < 4.78 is 65.8. The molecule has 3 rings (SSSR count). The largest absolute Gasteiger partial charge is 0.398 e. The van der Waals surface area contributed by atoms with Gasteiger partial charge in [-0.15, -0.1) is 0 Å². The highest BCUT2D eigenvalue weighted by Gasteiger charge is 2.39. The Bertz CT molecular complexity index is 1040. The number of hydrazone groups is 1. The minimum absolute atomic E-state index is 0.0262. The zero-order valence-corrected chi connectivity index (χ0v) is 16.5. The molecule has 0 aromatic heterocycles. The van der Waals surface area contributed by atoms with Gasteiger partial charge in [0.1, 0.15) is 0 Å². The SMILES string of the molecule is CC(C)CN=C(N=C1NN=C2C=CC(C(F)(F)F)C=C21)NC(=O)c1ccc(F)c(F)c1. The Labute approximate surface area is 174 Å². The lowest BCUT2D eigenvalue weighted by Crippen LogP contribution is -2.32. The van der Waals surface area contributed by atoms with Crippen LogP contribution < -0.4 is 10.7 Å². The molecular formula is C20H18F5N5O. The lowest BCUT2D eigenvalue weighted by atomic mass is 9.95. The van der Waals surface area contributed by atoms with Crippen molar-refractivity contribution in [3.05, 3.63) is 59.2 Å². The smallest absolute Gasteiger partial charge is 0.291 e. The van der Waals surface area contributed by atoms with Crippen LogP contribution in [0.4, 0.5) is 22.0 Å². The molecule has 1 aliphatic heterocycles. The zero-order valence-electron chi connectivity index (χ0n) is 16.5. The first-order valence-corrected chi connectivity index (χ1v) is 9.25. The van der Waals surface area contributed by atoms with E-state index in [2.05, 4.69) is 25.8 Å². The third-order valence-electron chi connectivity index (χ3n) is 4.23. The number of nitrogens with one attached hydrogen (secondary N) is 2. The molecule has 11 heteroatoms. The molecule has 1 amide bonds. The molecule has 0 saturated carbocycles. The minimum atomic E-state index is -4.47. The van der Waals surface area contributed by atoms with Crippen molar-refractivity contribution in [3.8, 4) is 0 Å². The van der Waals surface area contributed by atoms with Gasteiger partial charge < -0.3 is 0 Å². The van der Waals surface area contributed by atoms with Crippen molar-refractivity contribution in [2.45, 2.75) is 20.0 Å². The van der Waals surface area contributed by atoms with Gasteiger partial charge in [0.2, 0.25) is 5.96 Å². The maximum absolute atomic E-state index is 13.4. The molecule has 1 aromatic carbocycles. The van der Waals surface area contributed by atoms with Crippen LogP contribution in [0.25, 0.3) is 0 Å². The second-order valence-corrected chi connectivity index (χ2v) is 7.22. The van der Waals surface area contributed by atoms with E-state index in [1.165, 1.54) is 6.08 Å². The number of alkyl halides is 3. The van der Waals surface area contributed by atoms with E-state index in [0.717, 1.165) is 30.4 Å². The lowest BCUT2D eigenvalue weighted by molar-refractivity contribution is -0.148. The summed E-state index contributed by atoms with van der Waals surface area (Å²) in [5.41, 5.74) is 2.73. The van der Waals surface area contributed by atoms with E-state index < -0.39 is 29.6 Å². The highest BCUT2D eigenvalue weighted by molar-refractivity contribution is 6.32. The first kappa shape index (κ1) is 22.3. The van der Waals surface area contributed by atoms with Gasteiger partial charge in [0.05, 0.1) is 11.6 Å². The number of allylic oxidation sites excluding steroid dienone is 3. The van der Waals surface area contributed by atoms with E-state index in [-0.39, 0.29) is 41.1 Å². The molecule has 0 saturated heterocycles. The Hall–Kier alpha value is -3.37. The fourth-order valence-corrected chi connectivity index (χ4v) is 2.65. The van der Waals surface area contributed by atoms with Gasteiger partial charge >= 0.3 is 6.18 Å². The molecule has 1 heterocycles. The summed E-state index contributed by atoms with van der Waals surface area (Å²) in [5.74, 6) is -5.07. The van der Waals surface area contributed by atoms with Gasteiger partial charge in [-0.1, -0.05) is 26.0 Å². The van der Waals surface area contributed by atoms with Crippen LogP contribution in [0.3, 0.4) is 0 Å². The van der Waals surface area contributed by atoms with Crippen molar-refractivity contribution < 1.29 is 26.7 Å². The van der Waals surface area contributed by atoms with Gasteiger partial charge in [0.15, 0.2) is 17.5 Å². The van der Waals surface area contributed by atoms with Crippen molar-refractivity contribution in [1.29, 1.82) is 0 Å². The number of hydrogen-bond donors (Lipinski definition) is 2. The Kier molecular flexibility index (Phi) is 6.32. The number of benzene rings is 1. The highest BCUT2D eigenvalue weighted by atomic mass is 19.4. The van der Waals surface area contributed by atoms with E-state index in [1.807, 2.05) is 13.8 Å². The Balaban J connectivity index is 1.88. The van der Waals surface area contributed by atoms with Crippen molar-refractivity contribution in [1.82, 2.24) is 10.7 Å². The molecule has 1 aliphatic carbocycles. The lowest BCUT2D eigenvalue weighted by Gasteiger charge is -2.17. The van der Waals surface area contributed by atoms with Crippen molar-refractivity contribution in [2.75, 3.05) is 6.54 Å². The normalized spacial score (nSPS) is 19.8. The average molecular weight is 439 g/mol. The summed E-state index contributed by atoms with van der Waals surface area (Å²) in [6.45, 7) is 3.98. The number of halogens is 5. The highest BCUT2D eigenvalue weighted by Crippen LogP contribution is 2.32. The van der Waals surface area contributed by atoms with Gasteiger partial charge in [-0.3, -0.25) is 20.5 Å². The van der Waals surface area contributed by atoms with E-state index in [9.17, 15) is 26.7 Å². The van der Waals surface area contributed by atoms with Gasteiger partial charge in [0, 0.05) is 17.7 Å². The minimum Gasteiger partial charge on any atom is -0.291 e. The zero-order chi connectivity index (χ0) is 22.8. The number of aliphatic imine (C=N–C) groups is 2. The standard InChI is InChI=1S/C20H18F5N5O/c1-10(2)9-26-19(28-18(31)11-3-5-14(21)15(22)7-11)27-17-13-8-12(20(23,24)25)4-6-16(13)29-30-17/h3-8,10,12H,9H2,1-2H3,(H2,26,27,28,30,31). The topological polar surface area (TPSA) is 78.2 Å². The quantitative estimate of drug-likeness (QED) is 0.428. The predicted molar refractivity (Wildman–Crippen MR) is 106 cm³/mol. The van der Waals surface area contributed by atoms with Crippen molar-refractivity contribution in [3.63, 3.8) is 0 Å². The maximum atomic E-state index is 13.4. The summed E-state index contributed by atoms with van der Waals surface area (Å²) in [6, 6.07) is 2.60. The summed E-state index contributed by atoms with van der Waals surface area (Å²) in [4.78, 5) is 20.7. The molecule has 0 spiro atoms. The van der Waals surface area contributed by atoms with Crippen LogP contribution >= 0.6 is 0 Å². The van der Waals surface area contributed by atoms with E-state index in [1.54, 1.807) is 0 Å². The Morgan fingerprint density at radius 3 is 2.65 bits per heavy atom. The Morgan fingerprint density at radius 2 is 2.00 bits per heavy atom. The third kappa shape index (κ3) is 5.41. The molecule has 1 atom stereocenters. The van der Waals surface area contributed by atoms with Gasteiger partial charge in [-0.2, -0.15) is 23.3 Å². The number of amides is 1. The number of carbonyl (C=O) groups excluding carboxylic acids is 1. The molecule has 164 valence electrons. The van der Waals surface area contributed by atoms with Crippen molar-refractivity contribution >= 4 is 23.4 Å². The van der Waals surface area contributed by atoms with Crippen LogP contribution in [0.1, 0.15) is 24.2 Å². The van der Waals surface area contributed by atoms with Gasteiger partial charge in [-0.05, 0) is 30.2 Å². The molecule has 0 fully saturated rings. The first-order valence-electron chi connectivity index (χ1n) is 9.25. The number of guanidine groups is 1. The van der Waals surface area contributed by atoms with Gasteiger partial charge in [0.25, 0.3) is 5.91 Å². The molecule has 6 nitrogen and oxygen atoms in total. The fourth-order valence-electron chi connectivity index (χ4n) is 2.65. The van der Waals surface area contributed by atoms with E-state index in [0.29, 0.717) is 0 Å². The fraction of sp³-hybridized carbons (Fsp3) is 0.300. The third-order valence-corrected chi connectivity index (χ3v) is 4.23. The first-order chi connectivity index (χ1) is 14.5. The number of fused-ring (bicyclic) bond motifs is 1. The van der Waals surface area contributed by atoms with E-state index >= 15 is 0 Å². The number of nitrogens with zero attached hydrogens (tertiary/aromatic N) is 3. The molecule has 1 aromatic rings. The number of rotatable bonds is 3. The monoisotopic (exact) mass is 439 g/mol. The number of hydrogen-bond acceptors (Lipinski definition) is 3. The molecule has 2 aliphatic rings. The van der Waals surface area contributed by atoms with Crippen LogP contribution in [0.5, 0.6) is 0 Å². The van der Waals surface area contributed by atoms with E-state index in [4.69, 9.17) is 0 Å². The predicted octanol–water partition coefficient (Wildman–Crippen LogP) is 3.74. The number of amidine groups is 1.